The molecule has 1 N–H and O–H groups in total. The Labute approximate surface area is 185 Å². The van der Waals surface area contributed by atoms with Crippen LogP contribution in [0.4, 0.5) is 0 Å². The van der Waals surface area contributed by atoms with Crippen LogP contribution in [0.2, 0.25) is 0 Å². The maximum Gasteiger partial charge on any atom is 0.331 e. The van der Waals surface area contributed by atoms with Gasteiger partial charge in [-0.25, -0.2) is 4.79 Å². The fraction of sp³-hybridized carbons (Fsp3) is 0.304. The van der Waals surface area contributed by atoms with Crippen LogP contribution >= 0.6 is 11.8 Å². The minimum atomic E-state index is -0.908. The number of thioether (sulfide) groups is 1. The first-order valence-corrected chi connectivity index (χ1v) is 11.2. The third kappa shape index (κ3) is 4.49. The predicted octanol–water partition coefficient (Wildman–Crippen LogP) is 3.63. The predicted molar refractivity (Wildman–Crippen MR) is 119 cm³/mol. The van der Waals surface area contributed by atoms with Gasteiger partial charge in [0.1, 0.15) is 5.54 Å². The Balaban J connectivity index is 1.56. The summed E-state index contributed by atoms with van der Waals surface area (Å²) in [4.78, 5) is 25.0. The number of ether oxygens (including phenoxy) is 1. The van der Waals surface area contributed by atoms with Gasteiger partial charge in [-0.05, 0) is 25.0 Å². The minimum Gasteiger partial charge on any atom is -0.467 e. The van der Waals surface area contributed by atoms with Crippen LogP contribution in [-0.2, 0) is 14.3 Å². The number of methoxy groups -OCH3 is 1. The van der Waals surface area contributed by atoms with E-state index in [1.807, 2.05) is 65.2 Å². The highest BCUT2D eigenvalue weighted by molar-refractivity contribution is 7.99. The van der Waals surface area contributed by atoms with E-state index in [1.165, 1.54) is 18.9 Å². The van der Waals surface area contributed by atoms with Crippen molar-refractivity contribution in [1.29, 1.82) is 0 Å². The zero-order valence-electron chi connectivity index (χ0n) is 17.3. The minimum absolute atomic E-state index is 0.124. The lowest BCUT2D eigenvalue weighted by molar-refractivity contribution is -0.150. The molecule has 0 unspecified atom stereocenters. The summed E-state index contributed by atoms with van der Waals surface area (Å²) in [6.45, 7) is 0. The molecule has 160 valence electrons. The van der Waals surface area contributed by atoms with Crippen LogP contribution in [0.1, 0.15) is 25.7 Å². The summed E-state index contributed by atoms with van der Waals surface area (Å²) in [6, 6.07) is 19.6. The standard InChI is InChI=1S/C23H24N4O3S/c1-30-21(29)23(14-8-9-15-23)24-19(28)16-31-22-26-25-20(17-10-4-2-5-11-17)27(22)18-12-6-3-7-13-18/h2-7,10-13H,8-9,14-16H2,1H3,(H,24,28). The number of esters is 1. The molecular formula is C23H24N4O3S. The Morgan fingerprint density at radius 3 is 2.32 bits per heavy atom. The molecule has 3 aromatic rings. The van der Waals surface area contributed by atoms with Crippen LogP contribution < -0.4 is 5.32 Å². The molecule has 1 aromatic heterocycles. The number of hydrogen-bond acceptors (Lipinski definition) is 6. The van der Waals surface area contributed by atoms with Gasteiger partial charge in [-0.1, -0.05) is 73.1 Å². The van der Waals surface area contributed by atoms with Gasteiger partial charge in [-0.3, -0.25) is 9.36 Å². The molecule has 4 rings (SSSR count). The second-order valence-corrected chi connectivity index (χ2v) is 8.40. The SMILES string of the molecule is COC(=O)C1(NC(=O)CSc2nnc(-c3ccccc3)n2-c2ccccc2)CCCC1. The molecule has 1 amide bonds. The number of amides is 1. The molecule has 0 spiro atoms. The van der Waals surface area contributed by atoms with Crippen molar-refractivity contribution in [2.75, 3.05) is 12.9 Å². The van der Waals surface area contributed by atoms with E-state index in [2.05, 4.69) is 15.5 Å². The molecule has 0 aliphatic heterocycles. The van der Waals surface area contributed by atoms with E-state index in [1.54, 1.807) is 0 Å². The number of benzene rings is 2. The normalized spacial score (nSPS) is 14.9. The van der Waals surface area contributed by atoms with Crippen molar-refractivity contribution in [2.24, 2.45) is 0 Å². The number of nitrogens with zero attached hydrogens (tertiary/aromatic N) is 3. The molecule has 31 heavy (non-hydrogen) atoms. The Morgan fingerprint density at radius 2 is 1.68 bits per heavy atom. The molecule has 8 heteroatoms. The average Bonchev–Trinajstić information content (AvgIpc) is 3.46. The molecule has 0 bridgehead atoms. The van der Waals surface area contributed by atoms with Crippen LogP contribution in [0, 0.1) is 0 Å². The fourth-order valence-electron chi connectivity index (χ4n) is 3.93. The van der Waals surface area contributed by atoms with Crippen molar-refractivity contribution in [1.82, 2.24) is 20.1 Å². The van der Waals surface area contributed by atoms with Crippen molar-refractivity contribution in [3.8, 4) is 17.1 Å². The molecule has 0 radical (unpaired) electrons. The number of hydrogen-bond donors (Lipinski definition) is 1. The lowest BCUT2D eigenvalue weighted by Gasteiger charge is -2.27. The van der Waals surface area contributed by atoms with Crippen LogP contribution in [0.5, 0.6) is 0 Å². The van der Waals surface area contributed by atoms with Gasteiger partial charge in [0.05, 0.1) is 12.9 Å². The van der Waals surface area contributed by atoms with E-state index in [0.717, 1.165) is 24.1 Å². The Morgan fingerprint density at radius 1 is 1.03 bits per heavy atom. The van der Waals surface area contributed by atoms with E-state index in [4.69, 9.17) is 4.74 Å². The summed E-state index contributed by atoms with van der Waals surface area (Å²) in [5.41, 5.74) is 0.941. The summed E-state index contributed by atoms with van der Waals surface area (Å²) < 4.78 is 6.89. The molecule has 1 saturated carbocycles. The van der Waals surface area contributed by atoms with Gasteiger partial charge >= 0.3 is 5.97 Å². The fourth-order valence-corrected chi connectivity index (χ4v) is 4.69. The second-order valence-electron chi connectivity index (χ2n) is 7.46. The molecule has 1 aliphatic carbocycles. The summed E-state index contributed by atoms with van der Waals surface area (Å²) in [7, 11) is 1.36. The van der Waals surface area contributed by atoms with Crippen LogP contribution in [0.25, 0.3) is 17.1 Å². The van der Waals surface area contributed by atoms with Crippen LogP contribution in [0.3, 0.4) is 0 Å². The number of para-hydroxylation sites is 1. The van der Waals surface area contributed by atoms with E-state index in [9.17, 15) is 9.59 Å². The summed E-state index contributed by atoms with van der Waals surface area (Å²) >= 11 is 1.29. The largest absolute Gasteiger partial charge is 0.467 e. The molecule has 1 aliphatic rings. The highest BCUT2D eigenvalue weighted by Gasteiger charge is 2.43. The van der Waals surface area contributed by atoms with Crippen molar-refractivity contribution in [3.05, 3.63) is 60.7 Å². The molecule has 1 fully saturated rings. The summed E-state index contributed by atoms with van der Waals surface area (Å²) in [6.07, 6.45) is 3.00. The number of nitrogens with one attached hydrogen (secondary N) is 1. The molecular weight excluding hydrogens is 412 g/mol. The zero-order chi connectivity index (χ0) is 21.7. The topological polar surface area (TPSA) is 86.1 Å². The zero-order valence-corrected chi connectivity index (χ0v) is 18.1. The van der Waals surface area contributed by atoms with Gasteiger partial charge in [0.2, 0.25) is 5.91 Å². The Hall–Kier alpha value is -3.13. The van der Waals surface area contributed by atoms with Crippen molar-refractivity contribution < 1.29 is 14.3 Å². The smallest absolute Gasteiger partial charge is 0.331 e. The monoisotopic (exact) mass is 436 g/mol. The highest BCUT2D eigenvalue weighted by atomic mass is 32.2. The summed E-state index contributed by atoms with van der Waals surface area (Å²) in [5, 5.41) is 12.3. The lowest BCUT2D eigenvalue weighted by atomic mass is 9.98. The average molecular weight is 437 g/mol. The molecule has 1 heterocycles. The van der Waals surface area contributed by atoms with Crippen molar-refractivity contribution in [2.45, 2.75) is 36.4 Å². The van der Waals surface area contributed by atoms with Gasteiger partial charge in [0.25, 0.3) is 0 Å². The van der Waals surface area contributed by atoms with Gasteiger partial charge in [0, 0.05) is 11.3 Å². The number of carbonyl (C=O) groups is 2. The van der Waals surface area contributed by atoms with Crippen molar-refractivity contribution >= 4 is 23.6 Å². The maximum atomic E-state index is 12.7. The van der Waals surface area contributed by atoms with Crippen LogP contribution in [-0.4, -0.2) is 45.0 Å². The Kier molecular flexibility index (Phi) is 6.36. The first-order chi connectivity index (χ1) is 15.1. The van der Waals surface area contributed by atoms with Crippen LogP contribution in [0.15, 0.2) is 65.8 Å². The van der Waals surface area contributed by atoms with E-state index >= 15 is 0 Å². The third-order valence-electron chi connectivity index (χ3n) is 5.42. The Bertz CT molecular complexity index is 1050. The third-order valence-corrected chi connectivity index (χ3v) is 6.35. The van der Waals surface area contributed by atoms with E-state index in [-0.39, 0.29) is 17.6 Å². The van der Waals surface area contributed by atoms with Gasteiger partial charge < -0.3 is 10.1 Å². The first kappa shape index (κ1) is 21.1. The number of rotatable bonds is 7. The molecule has 0 atom stereocenters. The van der Waals surface area contributed by atoms with Crippen molar-refractivity contribution in [3.63, 3.8) is 0 Å². The quantitative estimate of drug-likeness (QED) is 0.450. The first-order valence-electron chi connectivity index (χ1n) is 10.2. The van der Waals surface area contributed by atoms with E-state index < -0.39 is 5.54 Å². The molecule has 0 saturated heterocycles. The van der Waals surface area contributed by atoms with Gasteiger partial charge in [0.15, 0.2) is 11.0 Å². The van der Waals surface area contributed by atoms with Gasteiger partial charge in [-0.2, -0.15) is 0 Å². The lowest BCUT2D eigenvalue weighted by Crippen LogP contribution is -2.53. The number of aromatic nitrogens is 3. The second kappa shape index (κ2) is 9.34. The number of carbonyl (C=O) groups excluding carboxylic acids is 2. The highest BCUT2D eigenvalue weighted by Crippen LogP contribution is 2.32. The van der Waals surface area contributed by atoms with E-state index in [0.29, 0.717) is 23.8 Å². The maximum absolute atomic E-state index is 12.7. The summed E-state index contributed by atoms with van der Waals surface area (Å²) in [5.74, 6) is 0.235. The molecule has 2 aromatic carbocycles. The van der Waals surface area contributed by atoms with Gasteiger partial charge in [-0.15, -0.1) is 10.2 Å². The molecule has 7 nitrogen and oxygen atoms in total.